The third kappa shape index (κ3) is 3.73. The predicted molar refractivity (Wildman–Crippen MR) is 119 cm³/mol. The van der Waals surface area contributed by atoms with Crippen molar-refractivity contribution in [2.75, 3.05) is 17.4 Å². The lowest BCUT2D eigenvalue weighted by molar-refractivity contribution is -0.129. The zero-order chi connectivity index (χ0) is 20.5. The summed E-state index contributed by atoms with van der Waals surface area (Å²) < 4.78 is 0. The minimum atomic E-state index is -0.414. The van der Waals surface area contributed by atoms with Crippen LogP contribution < -0.4 is 4.90 Å². The highest BCUT2D eigenvalue weighted by Gasteiger charge is 2.39. The molecule has 4 nitrogen and oxygen atoms in total. The molecule has 0 aliphatic carbocycles. The van der Waals surface area contributed by atoms with E-state index in [2.05, 4.69) is 42.2 Å². The smallest absolute Gasteiger partial charge is 0.229 e. The van der Waals surface area contributed by atoms with Crippen molar-refractivity contribution in [3.05, 3.63) is 74.2 Å². The number of rotatable bonds is 3. The summed E-state index contributed by atoms with van der Waals surface area (Å²) in [5, 5.41) is 11.6. The van der Waals surface area contributed by atoms with Crippen LogP contribution in [0.1, 0.15) is 30.4 Å². The second kappa shape index (κ2) is 8.31. The largest absolute Gasteiger partial charge is 0.344 e. The maximum absolute atomic E-state index is 13.0. The topological polar surface area (TPSA) is 47.3 Å². The van der Waals surface area contributed by atoms with Crippen molar-refractivity contribution < 1.29 is 4.79 Å². The molecule has 4 rings (SSSR count). The lowest BCUT2D eigenvalue weighted by Gasteiger charge is -2.42. The maximum Gasteiger partial charge on any atom is 0.229 e. The number of nitriles is 1. The summed E-state index contributed by atoms with van der Waals surface area (Å²) in [5.74, 6) is 0.226. The molecule has 0 aromatic heterocycles. The van der Waals surface area contributed by atoms with Crippen LogP contribution in [0.15, 0.2) is 53.1 Å². The lowest BCUT2D eigenvalue weighted by Crippen LogP contribution is -2.47. The van der Waals surface area contributed by atoms with Crippen LogP contribution in [0.2, 0.25) is 10.0 Å². The van der Waals surface area contributed by atoms with Gasteiger partial charge in [-0.25, -0.2) is 0 Å². The number of amides is 1. The molecule has 2 aliphatic heterocycles. The highest BCUT2D eigenvalue weighted by Crippen LogP contribution is 2.46. The van der Waals surface area contributed by atoms with Crippen LogP contribution in [0.5, 0.6) is 0 Å². The summed E-state index contributed by atoms with van der Waals surface area (Å²) in [4.78, 5) is 16.9. The van der Waals surface area contributed by atoms with Gasteiger partial charge in [-0.3, -0.25) is 9.69 Å². The van der Waals surface area contributed by atoms with E-state index in [4.69, 9.17) is 23.2 Å². The highest BCUT2D eigenvalue weighted by atomic mass is 35.5. The van der Waals surface area contributed by atoms with E-state index in [1.807, 2.05) is 0 Å². The Hall–Kier alpha value is -2.13. The number of aryl methyl sites for hydroxylation is 1. The molecule has 29 heavy (non-hydrogen) atoms. The Labute approximate surface area is 184 Å². The number of thioether (sulfide) groups is 1. The first-order valence-corrected chi connectivity index (χ1v) is 11.1. The fourth-order valence-corrected chi connectivity index (χ4v) is 5.59. The van der Waals surface area contributed by atoms with Gasteiger partial charge >= 0.3 is 0 Å². The molecule has 0 spiro atoms. The zero-order valence-corrected chi connectivity index (χ0v) is 18.2. The Kier molecular flexibility index (Phi) is 5.78. The lowest BCUT2D eigenvalue weighted by atomic mass is 9.86. The molecule has 0 radical (unpaired) electrons. The van der Waals surface area contributed by atoms with Crippen molar-refractivity contribution in [1.82, 2.24) is 4.90 Å². The van der Waals surface area contributed by atoms with Crippen LogP contribution in [0.4, 0.5) is 5.69 Å². The molecule has 0 saturated carbocycles. The summed E-state index contributed by atoms with van der Waals surface area (Å²) in [6.07, 6.45) is 1.17. The molecule has 0 N–H and O–H groups in total. The molecular formula is C22H19Cl2N3OS. The molecule has 0 unspecified atom stereocenters. The summed E-state index contributed by atoms with van der Waals surface area (Å²) in [5.41, 5.74) is 3.56. The van der Waals surface area contributed by atoms with Gasteiger partial charge in [0.1, 0.15) is 0 Å². The minimum Gasteiger partial charge on any atom is -0.344 e. The molecule has 1 fully saturated rings. The normalized spacial score (nSPS) is 19.2. The Morgan fingerprint density at radius 2 is 1.86 bits per heavy atom. The van der Waals surface area contributed by atoms with E-state index in [9.17, 15) is 10.1 Å². The van der Waals surface area contributed by atoms with E-state index in [0.29, 0.717) is 38.8 Å². The fourth-order valence-electron chi connectivity index (χ4n) is 3.76. The molecule has 2 aromatic carbocycles. The van der Waals surface area contributed by atoms with Crippen molar-refractivity contribution in [1.29, 1.82) is 5.26 Å². The standard InChI is InChI=1S/C22H19Cl2N3OS/c1-2-14-6-8-15(9-7-14)26-12-27-20(28)10-16(17(11-25)22(27)29-13-26)21-18(23)4-3-5-19(21)24/h3-9,16H,2,10,12-13H2,1H3/t16-/m1/s1. The predicted octanol–water partition coefficient (Wildman–Crippen LogP) is 5.78. The van der Waals surface area contributed by atoms with Crippen LogP contribution in [0.3, 0.4) is 0 Å². The monoisotopic (exact) mass is 443 g/mol. The number of halogens is 2. The first-order chi connectivity index (χ1) is 14.0. The van der Waals surface area contributed by atoms with Gasteiger partial charge in [0.15, 0.2) is 0 Å². The number of hydrogen-bond acceptors (Lipinski definition) is 4. The van der Waals surface area contributed by atoms with Gasteiger partial charge in [-0.1, -0.05) is 60.1 Å². The molecule has 1 atom stereocenters. The molecule has 2 aliphatic rings. The number of benzene rings is 2. The van der Waals surface area contributed by atoms with Gasteiger partial charge in [0.25, 0.3) is 0 Å². The van der Waals surface area contributed by atoms with Gasteiger partial charge < -0.3 is 4.90 Å². The van der Waals surface area contributed by atoms with Crippen molar-refractivity contribution in [3.63, 3.8) is 0 Å². The molecule has 2 heterocycles. The van der Waals surface area contributed by atoms with Crippen LogP contribution in [0.25, 0.3) is 0 Å². The van der Waals surface area contributed by atoms with Crippen LogP contribution in [-0.2, 0) is 11.2 Å². The minimum absolute atomic E-state index is 0.0256. The van der Waals surface area contributed by atoms with E-state index >= 15 is 0 Å². The number of allylic oxidation sites excluding steroid dienone is 1. The molecular weight excluding hydrogens is 425 g/mol. The molecule has 1 saturated heterocycles. The number of fused-ring (bicyclic) bond motifs is 1. The second-order valence-electron chi connectivity index (χ2n) is 7.02. The highest BCUT2D eigenvalue weighted by molar-refractivity contribution is 8.03. The van der Waals surface area contributed by atoms with Gasteiger partial charge in [-0.05, 0) is 41.8 Å². The van der Waals surface area contributed by atoms with Gasteiger partial charge in [-0.2, -0.15) is 5.26 Å². The quantitative estimate of drug-likeness (QED) is 0.603. The molecule has 2 aromatic rings. The Balaban J connectivity index is 1.67. The van der Waals surface area contributed by atoms with Gasteiger partial charge in [0.2, 0.25) is 5.91 Å². The summed E-state index contributed by atoms with van der Waals surface area (Å²) >= 11 is 14.3. The van der Waals surface area contributed by atoms with E-state index < -0.39 is 5.92 Å². The summed E-state index contributed by atoms with van der Waals surface area (Å²) in [7, 11) is 0. The number of carbonyl (C=O) groups is 1. The number of anilines is 1. The van der Waals surface area contributed by atoms with Crippen molar-refractivity contribution in [2.24, 2.45) is 0 Å². The fraction of sp³-hybridized carbons (Fsp3) is 0.273. The van der Waals surface area contributed by atoms with Crippen LogP contribution in [0, 0.1) is 11.3 Å². The van der Waals surface area contributed by atoms with Crippen molar-refractivity contribution in [2.45, 2.75) is 25.7 Å². The second-order valence-corrected chi connectivity index (χ2v) is 8.77. The van der Waals surface area contributed by atoms with Crippen LogP contribution in [-0.4, -0.2) is 23.4 Å². The van der Waals surface area contributed by atoms with Gasteiger partial charge in [-0.15, -0.1) is 0 Å². The maximum atomic E-state index is 13.0. The Morgan fingerprint density at radius 1 is 1.17 bits per heavy atom. The average Bonchev–Trinajstić information content (AvgIpc) is 2.74. The van der Waals surface area contributed by atoms with Crippen LogP contribution >= 0.6 is 35.0 Å². The first kappa shape index (κ1) is 20.2. The van der Waals surface area contributed by atoms with Crippen molar-refractivity contribution >= 4 is 46.6 Å². The molecule has 1 amide bonds. The third-order valence-electron chi connectivity index (χ3n) is 5.35. The Bertz CT molecular complexity index is 1010. The Morgan fingerprint density at radius 3 is 2.48 bits per heavy atom. The average molecular weight is 444 g/mol. The van der Waals surface area contributed by atoms with Gasteiger partial charge in [0.05, 0.1) is 29.2 Å². The molecule has 7 heteroatoms. The van der Waals surface area contributed by atoms with Gasteiger partial charge in [0, 0.05) is 28.1 Å². The third-order valence-corrected chi connectivity index (χ3v) is 7.17. The van der Waals surface area contributed by atoms with E-state index in [-0.39, 0.29) is 12.3 Å². The molecule has 148 valence electrons. The first-order valence-electron chi connectivity index (χ1n) is 9.38. The van der Waals surface area contributed by atoms with E-state index in [0.717, 1.165) is 12.1 Å². The zero-order valence-electron chi connectivity index (χ0n) is 15.9. The van der Waals surface area contributed by atoms with E-state index in [1.165, 1.54) is 17.3 Å². The number of hydrogen-bond donors (Lipinski definition) is 0. The number of nitrogens with zero attached hydrogens (tertiary/aromatic N) is 3. The summed E-state index contributed by atoms with van der Waals surface area (Å²) in [6.45, 7) is 2.56. The SMILES string of the molecule is CCc1ccc(N2CSC3=C(C#N)[C@H](c4c(Cl)cccc4Cl)CC(=O)N3C2)cc1. The molecule has 0 bridgehead atoms. The summed E-state index contributed by atoms with van der Waals surface area (Å²) in [6, 6.07) is 16.0. The van der Waals surface area contributed by atoms with Crippen molar-refractivity contribution in [3.8, 4) is 6.07 Å². The van der Waals surface area contributed by atoms with E-state index in [1.54, 1.807) is 23.1 Å². The number of carbonyl (C=O) groups excluding carboxylic acids is 1.